The van der Waals surface area contributed by atoms with Crippen LogP contribution in [0.1, 0.15) is 43.9 Å². The summed E-state index contributed by atoms with van der Waals surface area (Å²) in [7, 11) is 3.57. The Morgan fingerprint density at radius 1 is 1.38 bits per heavy atom. The van der Waals surface area contributed by atoms with Crippen molar-refractivity contribution in [3.05, 3.63) is 70.5 Å². The first-order valence-corrected chi connectivity index (χ1v) is 12.7. The van der Waals surface area contributed by atoms with E-state index in [2.05, 4.69) is 53.6 Å². The van der Waals surface area contributed by atoms with Gasteiger partial charge in [0.05, 0.1) is 18.3 Å². The molecule has 1 aliphatic rings. The fourth-order valence-electron chi connectivity index (χ4n) is 3.79. The van der Waals surface area contributed by atoms with E-state index in [1.165, 1.54) is 16.7 Å². The van der Waals surface area contributed by atoms with Crippen molar-refractivity contribution in [1.82, 2.24) is 10.7 Å². The van der Waals surface area contributed by atoms with Crippen molar-refractivity contribution in [3.63, 3.8) is 0 Å². The molecule has 0 saturated carbocycles. The number of fused-ring (bicyclic) bond motifs is 1. The van der Waals surface area contributed by atoms with Crippen LogP contribution in [-0.2, 0) is 22.3 Å². The van der Waals surface area contributed by atoms with Crippen molar-refractivity contribution < 1.29 is 9.47 Å². The number of methoxy groups -OCH3 is 1. The molecule has 0 spiro atoms. The molecule has 0 aromatic heterocycles. The molecule has 1 aromatic rings. The van der Waals surface area contributed by atoms with Gasteiger partial charge in [-0.15, -0.1) is 0 Å². The van der Waals surface area contributed by atoms with Crippen molar-refractivity contribution in [2.45, 2.75) is 52.2 Å². The minimum atomic E-state index is -0.0205. The Hall–Kier alpha value is -2.53. The highest BCUT2D eigenvalue weighted by atomic mass is 32.2. The van der Waals surface area contributed by atoms with Gasteiger partial charge in [0.2, 0.25) is 0 Å². The molecule has 0 heterocycles. The van der Waals surface area contributed by atoms with E-state index in [4.69, 9.17) is 9.47 Å². The fraction of sp³-hybridized carbons (Fsp3) is 0.481. The second-order valence-electron chi connectivity index (χ2n) is 8.56. The number of nitriles is 1. The number of allylic oxidation sites excluding steroid dienone is 3. The first kappa shape index (κ1) is 27.7. The summed E-state index contributed by atoms with van der Waals surface area (Å²) in [6, 6.07) is 9.09. The van der Waals surface area contributed by atoms with E-state index in [1.54, 1.807) is 18.9 Å². The summed E-state index contributed by atoms with van der Waals surface area (Å²) in [5.41, 5.74) is 8.45. The Balaban J connectivity index is 2.13. The molecule has 34 heavy (non-hydrogen) atoms. The lowest BCUT2D eigenvalue weighted by Gasteiger charge is -2.27. The fourth-order valence-corrected chi connectivity index (χ4v) is 4.75. The predicted molar refractivity (Wildman–Crippen MR) is 143 cm³/mol. The van der Waals surface area contributed by atoms with Gasteiger partial charge in [-0.05, 0) is 57.2 Å². The molecule has 2 rings (SSSR count). The predicted octanol–water partition coefficient (Wildman–Crippen LogP) is 4.73. The van der Waals surface area contributed by atoms with Gasteiger partial charge in [0.1, 0.15) is 16.9 Å². The standard InChI is InChI=1S/C27H38N4O2S/c1-19(2)33-26(21(4)17-28)13-10-20(3)18-34-27(31-29-5)25-9-7-8-22-16-23(11-12-24(22)25)30-14-15-32-6/h7-10,13,19,23,29-30H,4,11-12,14-16,18H2,1-3,5-6H3/b20-10+,26-13+,31-27-. The van der Waals surface area contributed by atoms with Crippen molar-refractivity contribution in [2.75, 3.05) is 33.1 Å². The van der Waals surface area contributed by atoms with E-state index >= 15 is 0 Å². The number of nitrogens with one attached hydrogen (secondary N) is 2. The van der Waals surface area contributed by atoms with Crippen LogP contribution in [0.2, 0.25) is 0 Å². The molecular weight excluding hydrogens is 444 g/mol. The normalized spacial score (nSPS) is 16.7. The molecule has 0 saturated heterocycles. The number of rotatable bonds is 12. The zero-order valence-electron chi connectivity index (χ0n) is 21.1. The molecule has 1 unspecified atom stereocenters. The van der Waals surface area contributed by atoms with Crippen LogP contribution >= 0.6 is 11.8 Å². The minimum Gasteiger partial charge on any atom is -0.490 e. The third-order valence-electron chi connectivity index (χ3n) is 5.42. The number of nitrogens with zero attached hydrogens (tertiary/aromatic N) is 2. The lowest BCUT2D eigenvalue weighted by Crippen LogP contribution is -2.36. The Morgan fingerprint density at radius 3 is 2.85 bits per heavy atom. The Kier molecular flexibility index (Phi) is 12.0. The molecule has 7 heteroatoms. The van der Waals surface area contributed by atoms with Crippen LogP contribution in [-0.4, -0.2) is 50.3 Å². The number of ether oxygens (including phenoxy) is 2. The van der Waals surface area contributed by atoms with E-state index in [9.17, 15) is 5.26 Å². The van der Waals surface area contributed by atoms with E-state index in [-0.39, 0.29) is 6.10 Å². The molecule has 0 radical (unpaired) electrons. The lowest BCUT2D eigenvalue weighted by atomic mass is 9.85. The van der Waals surface area contributed by atoms with Gasteiger partial charge in [-0.1, -0.05) is 48.2 Å². The number of hydrazone groups is 1. The van der Waals surface area contributed by atoms with Crippen LogP contribution in [0.5, 0.6) is 0 Å². The summed E-state index contributed by atoms with van der Waals surface area (Å²) in [6.45, 7) is 11.3. The summed E-state index contributed by atoms with van der Waals surface area (Å²) in [5.74, 6) is 1.28. The first-order valence-electron chi connectivity index (χ1n) is 11.7. The maximum atomic E-state index is 9.18. The average molecular weight is 483 g/mol. The van der Waals surface area contributed by atoms with Gasteiger partial charge in [0.15, 0.2) is 0 Å². The average Bonchev–Trinajstić information content (AvgIpc) is 2.83. The highest BCUT2D eigenvalue weighted by Gasteiger charge is 2.22. The number of benzene rings is 1. The molecule has 1 aromatic carbocycles. The number of hydrogen-bond acceptors (Lipinski definition) is 7. The Bertz CT molecular complexity index is 960. The third-order valence-corrected chi connectivity index (χ3v) is 6.60. The lowest BCUT2D eigenvalue weighted by molar-refractivity contribution is 0.156. The quantitative estimate of drug-likeness (QED) is 0.0853. The van der Waals surface area contributed by atoms with E-state index < -0.39 is 0 Å². The zero-order valence-corrected chi connectivity index (χ0v) is 21.9. The molecule has 184 valence electrons. The summed E-state index contributed by atoms with van der Waals surface area (Å²) >= 11 is 1.71. The van der Waals surface area contributed by atoms with E-state index in [0.717, 1.165) is 48.8 Å². The van der Waals surface area contributed by atoms with Crippen molar-refractivity contribution in [3.8, 4) is 6.07 Å². The molecule has 0 bridgehead atoms. The highest BCUT2D eigenvalue weighted by molar-refractivity contribution is 8.14. The Morgan fingerprint density at radius 2 is 2.18 bits per heavy atom. The van der Waals surface area contributed by atoms with Gasteiger partial charge in [-0.2, -0.15) is 10.4 Å². The summed E-state index contributed by atoms with van der Waals surface area (Å²) in [5, 5.41) is 18.4. The second kappa shape index (κ2) is 14.7. The van der Waals surface area contributed by atoms with Gasteiger partial charge in [-0.25, -0.2) is 0 Å². The largest absolute Gasteiger partial charge is 0.490 e. The van der Waals surface area contributed by atoms with Crippen molar-refractivity contribution in [1.29, 1.82) is 5.26 Å². The van der Waals surface area contributed by atoms with Crippen LogP contribution in [0.4, 0.5) is 0 Å². The van der Waals surface area contributed by atoms with Crippen LogP contribution in [0.25, 0.3) is 0 Å². The van der Waals surface area contributed by atoms with Gasteiger partial charge in [-0.3, -0.25) is 0 Å². The number of hydrogen-bond donors (Lipinski definition) is 2. The van der Waals surface area contributed by atoms with Crippen LogP contribution in [0, 0.1) is 11.3 Å². The first-order chi connectivity index (χ1) is 16.4. The van der Waals surface area contributed by atoms with Crippen LogP contribution in [0.3, 0.4) is 0 Å². The molecule has 1 aliphatic carbocycles. The molecule has 1 atom stereocenters. The van der Waals surface area contributed by atoms with E-state index in [1.807, 2.05) is 33.0 Å². The second-order valence-corrected chi connectivity index (χ2v) is 9.52. The Labute approximate surface area is 209 Å². The monoisotopic (exact) mass is 482 g/mol. The topological polar surface area (TPSA) is 78.7 Å². The van der Waals surface area contributed by atoms with Crippen LogP contribution < -0.4 is 10.7 Å². The SMILES string of the molecule is C=C(C#N)/C(=C\C=C(/C)CS/C(=N\NC)c1cccc2c1CCC(NCCOC)C2)OC(C)C. The molecule has 0 fully saturated rings. The molecular formula is C27H38N4O2S. The highest BCUT2D eigenvalue weighted by Crippen LogP contribution is 2.28. The maximum absolute atomic E-state index is 9.18. The van der Waals surface area contributed by atoms with Gasteiger partial charge >= 0.3 is 0 Å². The van der Waals surface area contributed by atoms with Crippen molar-refractivity contribution in [2.24, 2.45) is 5.10 Å². The van der Waals surface area contributed by atoms with Gasteiger partial charge in [0.25, 0.3) is 0 Å². The van der Waals surface area contributed by atoms with Gasteiger partial charge < -0.3 is 20.2 Å². The summed E-state index contributed by atoms with van der Waals surface area (Å²) < 4.78 is 10.9. The van der Waals surface area contributed by atoms with E-state index in [0.29, 0.717) is 17.4 Å². The molecule has 6 nitrogen and oxygen atoms in total. The smallest absolute Gasteiger partial charge is 0.136 e. The van der Waals surface area contributed by atoms with Gasteiger partial charge in [0, 0.05) is 38.1 Å². The number of thioether (sulfide) groups is 1. The van der Waals surface area contributed by atoms with Crippen molar-refractivity contribution >= 4 is 16.8 Å². The zero-order chi connectivity index (χ0) is 24.9. The maximum Gasteiger partial charge on any atom is 0.136 e. The van der Waals surface area contributed by atoms with Crippen LogP contribution in [0.15, 0.2) is 58.9 Å². The third kappa shape index (κ3) is 8.68. The summed E-state index contributed by atoms with van der Waals surface area (Å²) in [4.78, 5) is 0. The minimum absolute atomic E-state index is 0.0205. The molecule has 2 N–H and O–H groups in total. The molecule has 0 aliphatic heterocycles. The molecule has 0 amide bonds. The summed E-state index contributed by atoms with van der Waals surface area (Å²) in [6.07, 6.45) is 6.96.